The van der Waals surface area contributed by atoms with Crippen molar-refractivity contribution < 1.29 is 22.8 Å². The summed E-state index contributed by atoms with van der Waals surface area (Å²) < 4.78 is 26.5. The number of carbonyl (C=O) groups is 3. The first-order valence-electron chi connectivity index (χ1n) is 9.57. The van der Waals surface area contributed by atoms with Gasteiger partial charge in [-0.15, -0.1) is 0 Å². The van der Waals surface area contributed by atoms with Gasteiger partial charge in [-0.25, -0.2) is 13.2 Å². The lowest BCUT2D eigenvalue weighted by atomic mass is 10.2. The maximum absolute atomic E-state index is 12.6. The normalized spacial score (nSPS) is 10.9. The van der Waals surface area contributed by atoms with Crippen LogP contribution in [0.4, 0.5) is 10.5 Å². The SMILES string of the molecule is CCN(CC)S(=O)(=O)c1cccc(C(=O)NNC(=O)CNC(=O)Nc2ccccc2)c1. The minimum Gasteiger partial charge on any atom is -0.329 e. The van der Waals surface area contributed by atoms with Crippen LogP contribution in [0.25, 0.3) is 0 Å². The number of amides is 4. The van der Waals surface area contributed by atoms with Crippen molar-refractivity contribution in [2.24, 2.45) is 0 Å². The van der Waals surface area contributed by atoms with Gasteiger partial charge < -0.3 is 10.6 Å². The highest BCUT2D eigenvalue weighted by Gasteiger charge is 2.22. The Morgan fingerprint density at radius 1 is 0.903 bits per heavy atom. The minimum atomic E-state index is -3.72. The third-order valence-corrected chi connectivity index (χ3v) is 6.24. The van der Waals surface area contributed by atoms with E-state index in [-0.39, 0.29) is 17.0 Å². The first-order chi connectivity index (χ1) is 14.8. The molecule has 4 amide bonds. The van der Waals surface area contributed by atoms with Crippen molar-refractivity contribution in [2.75, 3.05) is 25.0 Å². The molecule has 0 aliphatic carbocycles. The van der Waals surface area contributed by atoms with E-state index in [0.29, 0.717) is 18.8 Å². The van der Waals surface area contributed by atoms with Crippen LogP contribution in [0.5, 0.6) is 0 Å². The molecule has 10 nitrogen and oxygen atoms in total. The summed E-state index contributed by atoms with van der Waals surface area (Å²) >= 11 is 0. The molecule has 0 aliphatic rings. The van der Waals surface area contributed by atoms with Gasteiger partial charge in [-0.3, -0.25) is 20.4 Å². The number of nitrogens with zero attached hydrogens (tertiary/aromatic N) is 1. The van der Waals surface area contributed by atoms with Gasteiger partial charge in [0, 0.05) is 24.3 Å². The number of benzene rings is 2. The van der Waals surface area contributed by atoms with Gasteiger partial charge >= 0.3 is 6.03 Å². The molecule has 0 saturated heterocycles. The van der Waals surface area contributed by atoms with Crippen LogP contribution in [0.3, 0.4) is 0 Å². The second-order valence-corrected chi connectivity index (χ2v) is 8.23. The lowest BCUT2D eigenvalue weighted by Crippen LogP contribution is -2.47. The Kier molecular flexibility index (Phi) is 8.53. The molecule has 31 heavy (non-hydrogen) atoms. The van der Waals surface area contributed by atoms with Crippen molar-refractivity contribution in [3.05, 3.63) is 60.2 Å². The van der Waals surface area contributed by atoms with Crippen molar-refractivity contribution in [1.29, 1.82) is 0 Å². The van der Waals surface area contributed by atoms with Gasteiger partial charge in [0.1, 0.15) is 6.54 Å². The molecule has 2 aromatic carbocycles. The zero-order chi connectivity index (χ0) is 22.9. The van der Waals surface area contributed by atoms with Crippen LogP contribution in [0.2, 0.25) is 0 Å². The highest BCUT2D eigenvalue weighted by Crippen LogP contribution is 2.16. The number of hydrogen-bond donors (Lipinski definition) is 4. The van der Waals surface area contributed by atoms with E-state index in [9.17, 15) is 22.8 Å². The highest BCUT2D eigenvalue weighted by atomic mass is 32.2. The molecule has 0 aromatic heterocycles. The fourth-order valence-electron chi connectivity index (χ4n) is 2.61. The number of para-hydroxylation sites is 1. The largest absolute Gasteiger partial charge is 0.329 e. The van der Waals surface area contributed by atoms with Gasteiger partial charge in [0.25, 0.3) is 11.8 Å². The molecule has 166 valence electrons. The molecule has 0 heterocycles. The highest BCUT2D eigenvalue weighted by molar-refractivity contribution is 7.89. The van der Waals surface area contributed by atoms with E-state index < -0.39 is 27.9 Å². The van der Waals surface area contributed by atoms with Crippen LogP contribution in [0, 0.1) is 0 Å². The lowest BCUT2D eigenvalue weighted by Gasteiger charge is -2.18. The predicted molar refractivity (Wildman–Crippen MR) is 116 cm³/mol. The third-order valence-electron chi connectivity index (χ3n) is 4.20. The second-order valence-electron chi connectivity index (χ2n) is 6.29. The minimum absolute atomic E-state index is 0.0190. The van der Waals surface area contributed by atoms with Crippen LogP contribution in [0.15, 0.2) is 59.5 Å². The molecule has 4 N–H and O–H groups in total. The topological polar surface area (TPSA) is 137 Å². The monoisotopic (exact) mass is 447 g/mol. The molecule has 0 radical (unpaired) electrons. The van der Waals surface area contributed by atoms with Crippen LogP contribution in [0.1, 0.15) is 24.2 Å². The molecular formula is C20H25N5O5S. The predicted octanol–water partition coefficient (Wildman–Crippen LogP) is 1.30. The maximum atomic E-state index is 12.6. The van der Waals surface area contributed by atoms with Gasteiger partial charge in [0.15, 0.2) is 0 Å². The summed E-state index contributed by atoms with van der Waals surface area (Å²) in [5.41, 5.74) is 4.97. The van der Waals surface area contributed by atoms with Gasteiger partial charge in [0.05, 0.1) is 4.90 Å². The Morgan fingerprint density at radius 2 is 1.58 bits per heavy atom. The Labute approximate surface area is 181 Å². The average molecular weight is 448 g/mol. The molecule has 0 unspecified atom stereocenters. The maximum Gasteiger partial charge on any atom is 0.319 e. The van der Waals surface area contributed by atoms with E-state index in [0.717, 1.165) is 0 Å². The Hall–Kier alpha value is -3.44. The fourth-order valence-corrected chi connectivity index (χ4v) is 4.11. The van der Waals surface area contributed by atoms with Crippen LogP contribution < -0.4 is 21.5 Å². The zero-order valence-corrected chi connectivity index (χ0v) is 18.0. The quantitative estimate of drug-likeness (QED) is 0.452. The summed E-state index contributed by atoms with van der Waals surface area (Å²) in [4.78, 5) is 35.9. The summed E-state index contributed by atoms with van der Waals surface area (Å²) in [5.74, 6) is -1.36. The fraction of sp³-hybridized carbons (Fsp3) is 0.250. The van der Waals surface area contributed by atoms with Crippen LogP contribution in [-0.4, -0.2) is 50.2 Å². The van der Waals surface area contributed by atoms with Crippen molar-refractivity contribution in [3.63, 3.8) is 0 Å². The standard InChI is InChI=1S/C20H25N5O5S/c1-3-25(4-2)31(29,30)17-12-8-9-15(13-17)19(27)24-23-18(26)14-21-20(28)22-16-10-6-5-7-11-16/h5-13H,3-4,14H2,1-2H3,(H,23,26)(H,24,27)(H2,21,22,28). The molecule has 2 aromatic rings. The van der Waals surface area contributed by atoms with E-state index in [4.69, 9.17) is 0 Å². The second kappa shape index (κ2) is 11.1. The molecule has 0 atom stereocenters. The Balaban J connectivity index is 1.88. The average Bonchev–Trinajstić information content (AvgIpc) is 2.77. The molecular weight excluding hydrogens is 422 g/mol. The van der Waals surface area contributed by atoms with Gasteiger partial charge in [-0.05, 0) is 30.3 Å². The number of rotatable bonds is 8. The number of sulfonamides is 1. The van der Waals surface area contributed by atoms with E-state index in [2.05, 4.69) is 21.5 Å². The molecule has 0 aliphatic heterocycles. The van der Waals surface area contributed by atoms with Crippen LogP contribution >= 0.6 is 0 Å². The summed E-state index contributed by atoms with van der Waals surface area (Å²) in [7, 11) is -3.72. The number of urea groups is 1. The first kappa shape index (κ1) is 23.8. The first-order valence-corrected chi connectivity index (χ1v) is 11.0. The van der Waals surface area contributed by atoms with Gasteiger partial charge in [-0.1, -0.05) is 38.1 Å². The van der Waals surface area contributed by atoms with E-state index in [1.807, 2.05) is 0 Å². The number of carbonyl (C=O) groups excluding carboxylic acids is 3. The van der Waals surface area contributed by atoms with Gasteiger partial charge in [0.2, 0.25) is 10.0 Å². The smallest absolute Gasteiger partial charge is 0.319 e. The van der Waals surface area contributed by atoms with E-state index >= 15 is 0 Å². The molecule has 2 rings (SSSR count). The number of hydrazine groups is 1. The number of anilines is 1. The van der Waals surface area contributed by atoms with Gasteiger partial charge in [-0.2, -0.15) is 4.31 Å². The third kappa shape index (κ3) is 6.79. The summed E-state index contributed by atoms with van der Waals surface area (Å²) in [6.45, 7) is 3.67. The summed E-state index contributed by atoms with van der Waals surface area (Å²) in [6.07, 6.45) is 0. The van der Waals surface area contributed by atoms with E-state index in [1.54, 1.807) is 44.2 Å². The number of hydrogen-bond acceptors (Lipinski definition) is 5. The lowest BCUT2D eigenvalue weighted by molar-refractivity contribution is -0.120. The van der Waals surface area contributed by atoms with Crippen molar-refractivity contribution in [1.82, 2.24) is 20.5 Å². The summed E-state index contributed by atoms with van der Waals surface area (Å²) in [6, 6.07) is 13.6. The van der Waals surface area contributed by atoms with Crippen molar-refractivity contribution in [3.8, 4) is 0 Å². The Bertz CT molecular complexity index is 1020. The summed E-state index contributed by atoms with van der Waals surface area (Å²) in [5, 5.41) is 4.90. The Morgan fingerprint density at radius 3 is 2.23 bits per heavy atom. The van der Waals surface area contributed by atoms with E-state index in [1.165, 1.54) is 28.6 Å². The zero-order valence-electron chi connectivity index (χ0n) is 17.2. The number of nitrogens with one attached hydrogen (secondary N) is 4. The van der Waals surface area contributed by atoms with Crippen molar-refractivity contribution >= 4 is 33.6 Å². The molecule has 0 fully saturated rings. The molecule has 0 saturated carbocycles. The van der Waals surface area contributed by atoms with Crippen LogP contribution in [-0.2, 0) is 14.8 Å². The molecule has 0 spiro atoms. The molecule has 11 heteroatoms. The molecule has 0 bridgehead atoms. The van der Waals surface area contributed by atoms with Crippen molar-refractivity contribution in [2.45, 2.75) is 18.7 Å².